The van der Waals surface area contributed by atoms with Crippen molar-refractivity contribution in [3.05, 3.63) is 131 Å². The van der Waals surface area contributed by atoms with Crippen LogP contribution in [0.15, 0.2) is 115 Å². The molecule has 2 heterocycles. The van der Waals surface area contributed by atoms with E-state index in [2.05, 4.69) is 11.9 Å². The van der Waals surface area contributed by atoms with Gasteiger partial charge in [-0.2, -0.15) is 0 Å². The van der Waals surface area contributed by atoms with Crippen molar-refractivity contribution in [2.24, 2.45) is 5.92 Å². The minimum absolute atomic E-state index is 0.0832. The lowest BCUT2D eigenvalue weighted by Gasteiger charge is -2.52. The minimum Gasteiger partial charge on any atom is -0.451 e. The van der Waals surface area contributed by atoms with Crippen molar-refractivity contribution in [2.75, 3.05) is 0 Å². The number of β-lactam (4-membered cyclic amide) rings is 1. The van der Waals surface area contributed by atoms with Crippen LogP contribution in [0.2, 0.25) is 0 Å². The quantitative estimate of drug-likeness (QED) is 0.245. The highest BCUT2D eigenvalue weighted by atomic mass is 32.2. The number of ether oxygens (including phenoxy) is 1. The molecular formula is C32H30N2O5S. The summed E-state index contributed by atoms with van der Waals surface area (Å²) < 4.78 is 19.4. The van der Waals surface area contributed by atoms with E-state index in [1.807, 2.05) is 97.9 Å². The number of hydrogen-bond acceptors (Lipinski definition) is 5. The van der Waals surface area contributed by atoms with Gasteiger partial charge in [0, 0.05) is 5.41 Å². The van der Waals surface area contributed by atoms with Gasteiger partial charge in [-0.05, 0) is 28.2 Å². The number of hydrogen-bond donors (Lipinski definition) is 1. The van der Waals surface area contributed by atoms with Crippen LogP contribution in [-0.4, -0.2) is 44.4 Å². The Hall–Kier alpha value is -4.30. The molecule has 204 valence electrons. The number of carbonyl (C=O) groups is 3. The molecule has 2 aliphatic rings. The average molecular weight is 555 g/mol. The molecule has 40 heavy (non-hydrogen) atoms. The predicted molar refractivity (Wildman–Crippen MR) is 153 cm³/mol. The van der Waals surface area contributed by atoms with Gasteiger partial charge in [0.25, 0.3) is 0 Å². The highest BCUT2D eigenvalue weighted by molar-refractivity contribution is 7.88. The number of nitrogens with one attached hydrogen (secondary N) is 1. The first-order chi connectivity index (χ1) is 19.4. The maximum Gasteiger partial charge on any atom is 0.334 e. The van der Waals surface area contributed by atoms with Gasteiger partial charge in [-0.15, -0.1) is 6.58 Å². The third-order valence-electron chi connectivity index (χ3n) is 7.23. The monoisotopic (exact) mass is 554 g/mol. The van der Waals surface area contributed by atoms with Crippen LogP contribution >= 0.6 is 0 Å². The molecule has 0 aliphatic carbocycles. The predicted octanol–water partition coefficient (Wildman–Crippen LogP) is 4.05. The second-order valence-electron chi connectivity index (χ2n) is 9.86. The molecule has 0 saturated carbocycles. The Morgan fingerprint density at radius 2 is 1.52 bits per heavy atom. The summed E-state index contributed by atoms with van der Waals surface area (Å²) in [6.07, 6.45) is 1.01. The summed E-state index contributed by atoms with van der Waals surface area (Å²) >= 11 is 0. The fraction of sp³-hybridized carbons (Fsp3) is 0.219. The zero-order chi connectivity index (χ0) is 28.2. The van der Waals surface area contributed by atoms with Gasteiger partial charge in [0.1, 0.15) is 11.4 Å². The van der Waals surface area contributed by atoms with Crippen LogP contribution in [0, 0.1) is 5.92 Å². The number of amides is 2. The summed E-state index contributed by atoms with van der Waals surface area (Å²) in [5.41, 5.74) is 2.84. The number of esters is 1. The van der Waals surface area contributed by atoms with Crippen LogP contribution in [0.3, 0.4) is 0 Å². The second kappa shape index (κ2) is 11.8. The number of carbonyl (C=O) groups excluding carboxylic acids is 3. The van der Waals surface area contributed by atoms with Gasteiger partial charge in [0.05, 0.1) is 17.2 Å². The van der Waals surface area contributed by atoms with E-state index in [0.29, 0.717) is 5.57 Å². The van der Waals surface area contributed by atoms with Crippen molar-refractivity contribution < 1.29 is 23.3 Å². The molecule has 0 radical (unpaired) electrons. The molecule has 5 atom stereocenters. The Morgan fingerprint density at radius 1 is 0.975 bits per heavy atom. The highest BCUT2D eigenvalue weighted by Gasteiger charge is 2.59. The Kier molecular flexibility index (Phi) is 8.07. The molecule has 1 fully saturated rings. The normalized spacial score (nSPS) is 22.4. The van der Waals surface area contributed by atoms with Crippen LogP contribution in [0.5, 0.6) is 0 Å². The van der Waals surface area contributed by atoms with Crippen LogP contribution in [0.4, 0.5) is 0 Å². The zero-order valence-electron chi connectivity index (χ0n) is 22.0. The highest BCUT2D eigenvalue weighted by Crippen LogP contribution is 2.39. The molecule has 8 heteroatoms. The van der Waals surface area contributed by atoms with Gasteiger partial charge in [-0.1, -0.05) is 104 Å². The molecular weight excluding hydrogens is 524 g/mol. The summed E-state index contributed by atoms with van der Waals surface area (Å²) in [7, 11) is -1.64. The molecule has 1 N–H and O–H groups in total. The smallest absolute Gasteiger partial charge is 0.334 e. The molecule has 3 aromatic rings. The van der Waals surface area contributed by atoms with E-state index < -0.39 is 46.2 Å². The lowest BCUT2D eigenvalue weighted by Crippen LogP contribution is -2.76. The number of fused-ring (bicyclic) bond motifs is 1. The Labute approximate surface area is 236 Å². The molecule has 3 aromatic carbocycles. The third-order valence-corrected chi connectivity index (χ3v) is 8.71. The van der Waals surface area contributed by atoms with E-state index in [-0.39, 0.29) is 18.2 Å². The second-order valence-corrected chi connectivity index (χ2v) is 11.2. The van der Waals surface area contributed by atoms with E-state index in [1.165, 1.54) is 10.3 Å². The zero-order valence-corrected chi connectivity index (χ0v) is 22.8. The first-order valence-corrected chi connectivity index (χ1v) is 14.4. The van der Waals surface area contributed by atoms with Crippen molar-refractivity contribution in [1.82, 2.24) is 10.2 Å². The summed E-state index contributed by atoms with van der Waals surface area (Å²) in [6, 6.07) is 25.8. The van der Waals surface area contributed by atoms with Gasteiger partial charge in [-0.3, -0.25) is 13.8 Å². The summed E-state index contributed by atoms with van der Waals surface area (Å²) in [5, 5.41) is 3.37. The van der Waals surface area contributed by atoms with Gasteiger partial charge >= 0.3 is 5.97 Å². The maximum absolute atomic E-state index is 13.9. The van der Waals surface area contributed by atoms with Crippen LogP contribution in [0.1, 0.15) is 29.7 Å². The first kappa shape index (κ1) is 27.3. The standard InChI is InChI=1S/C32H30N2O5S/c1-3-21(2)25-20-40(38)31-27(33-26(35)19-22-13-7-4-8-14-22)30(36)34(31)28(25)32(37)39-29(23-15-9-5-10-16-23)24-17-11-6-12-18-24/h3-18,20-21,27-29,31H,1,19H2,2H3,(H,33,35)/t21?,27-,28-,31-,40?/m1/s1. The molecule has 2 aliphatic heterocycles. The van der Waals surface area contributed by atoms with E-state index >= 15 is 0 Å². The Morgan fingerprint density at radius 3 is 2.08 bits per heavy atom. The SMILES string of the molecule is C=CC(C)C1=CS(=O)[C@@H]2[C@H](NC(=O)Cc3ccccc3)C(=O)N2[C@H]1C(=O)OC(c1ccccc1)c1ccccc1. The van der Waals surface area contributed by atoms with E-state index in [4.69, 9.17) is 4.74 Å². The fourth-order valence-corrected chi connectivity index (χ4v) is 6.73. The lowest BCUT2D eigenvalue weighted by molar-refractivity contribution is -0.165. The van der Waals surface area contributed by atoms with E-state index in [0.717, 1.165) is 16.7 Å². The van der Waals surface area contributed by atoms with Crippen LogP contribution in [0.25, 0.3) is 0 Å². The minimum atomic E-state index is -1.64. The van der Waals surface area contributed by atoms with Crippen molar-refractivity contribution in [2.45, 2.75) is 36.9 Å². The molecule has 2 unspecified atom stereocenters. The fourth-order valence-electron chi connectivity index (χ4n) is 5.08. The molecule has 0 spiro atoms. The van der Waals surface area contributed by atoms with Crippen molar-refractivity contribution in [1.29, 1.82) is 0 Å². The summed E-state index contributed by atoms with van der Waals surface area (Å²) in [6.45, 7) is 5.66. The summed E-state index contributed by atoms with van der Waals surface area (Å²) in [5.74, 6) is -1.81. The van der Waals surface area contributed by atoms with Crippen molar-refractivity contribution in [3.63, 3.8) is 0 Å². The largest absolute Gasteiger partial charge is 0.451 e. The molecule has 7 nitrogen and oxygen atoms in total. The van der Waals surface area contributed by atoms with Crippen LogP contribution in [-0.2, 0) is 36.3 Å². The lowest BCUT2D eigenvalue weighted by atomic mass is 9.90. The maximum atomic E-state index is 13.9. The van der Waals surface area contributed by atoms with Gasteiger partial charge in [0.2, 0.25) is 11.8 Å². The van der Waals surface area contributed by atoms with Crippen molar-refractivity contribution in [3.8, 4) is 0 Å². The summed E-state index contributed by atoms with van der Waals surface area (Å²) in [4.78, 5) is 41.4. The molecule has 0 aromatic heterocycles. The Balaban J connectivity index is 1.42. The molecule has 0 bridgehead atoms. The number of nitrogens with zero attached hydrogens (tertiary/aromatic N) is 1. The van der Waals surface area contributed by atoms with E-state index in [9.17, 15) is 18.6 Å². The molecule has 5 rings (SSSR count). The molecule has 1 saturated heterocycles. The van der Waals surface area contributed by atoms with E-state index in [1.54, 1.807) is 6.08 Å². The third kappa shape index (κ3) is 5.40. The number of allylic oxidation sites excluding steroid dienone is 1. The van der Waals surface area contributed by atoms with Gasteiger partial charge < -0.3 is 15.0 Å². The first-order valence-electron chi connectivity index (χ1n) is 13.1. The average Bonchev–Trinajstić information content (AvgIpc) is 2.99. The van der Waals surface area contributed by atoms with Gasteiger partial charge in [-0.25, -0.2) is 4.79 Å². The van der Waals surface area contributed by atoms with Crippen molar-refractivity contribution >= 4 is 28.6 Å². The molecule has 2 amide bonds. The van der Waals surface area contributed by atoms with Crippen LogP contribution < -0.4 is 5.32 Å². The topological polar surface area (TPSA) is 92.8 Å². The number of rotatable bonds is 9. The Bertz CT molecular complexity index is 1420. The number of benzene rings is 3. The van der Waals surface area contributed by atoms with Gasteiger partial charge in [0.15, 0.2) is 12.1 Å².